The summed E-state index contributed by atoms with van der Waals surface area (Å²) >= 11 is 0. The Bertz CT molecular complexity index is 483. The maximum absolute atomic E-state index is 13.8. The van der Waals surface area contributed by atoms with Crippen LogP contribution in [0.25, 0.3) is 0 Å². The summed E-state index contributed by atoms with van der Waals surface area (Å²) in [5, 5.41) is 5.78. The maximum atomic E-state index is 13.8. The van der Waals surface area contributed by atoms with Crippen LogP contribution in [0.4, 0.5) is 20.4 Å². The van der Waals surface area contributed by atoms with Crippen molar-refractivity contribution in [1.29, 1.82) is 0 Å². The summed E-state index contributed by atoms with van der Waals surface area (Å²) in [6.45, 7) is 5.86. The van der Waals surface area contributed by atoms with Crippen molar-refractivity contribution in [3.05, 3.63) is 17.7 Å². The molecule has 1 aliphatic heterocycles. The SMILES string of the molecule is CCNc1nc(NCC2CN(C)CCN2C)c(F)cc1F. The molecular weight excluding hydrogens is 276 g/mol. The lowest BCUT2D eigenvalue weighted by atomic mass is 10.2. The van der Waals surface area contributed by atoms with Gasteiger partial charge in [0.2, 0.25) is 0 Å². The van der Waals surface area contributed by atoms with E-state index >= 15 is 0 Å². The van der Waals surface area contributed by atoms with Gasteiger partial charge in [0, 0.05) is 44.8 Å². The van der Waals surface area contributed by atoms with Crippen LogP contribution in [0.3, 0.4) is 0 Å². The topological polar surface area (TPSA) is 43.4 Å². The van der Waals surface area contributed by atoms with Crippen LogP contribution >= 0.6 is 0 Å². The van der Waals surface area contributed by atoms with Crippen molar-refractivity contribution >= 4 is 11.6 Å². The Morgan fingerprint density at radius 1 is 1.19 bits per heavy atom. The number of pyridine rings is 1. The zero-order valence-corrected chi connectivity index (χ0v) is 12.8. The molecule has 2 rings (SSSR count). The van der Waals surface area contributed by atoms with E-state index in [1.807, 2.05) is 6.92 Å². The minimum atomic E-state index is -0.672. The van der Waals surface area contributed by atoms with Gasteiger partial charge in [-0.05, 0) is 21.0 Å². The van der Waals surface area contributed by atoms with E-state index in [0.717, 1.165) is 25.7 Å². The van der Waals surface area contributed by atoms with Crippen LogP contribution in [0, 0.1) is 11.6 Å². The number of anilines is 2. The molecule has 7 heteroatoms. The number of aromatic nitrogens is 1. The van der Waals surface area contributed by atoms with Gasteiger partial charge in [0.05, 0.1) is 0 Å². The van der Waals surface area contributed by atoms with Crippen molar-refractivity contribution in [2.24, 2.45) is 0 Å². The molecule has 5 nitrogen and oxygen atoms in total. The molecule has 0 bridgehead atoms. The molecule has 0 radical (unpaired) electrons. The lowest BCUT2D eigenvalue weighted by Crippen LogP contribution is -2.52. The molecule has 1 saturated heterocycles. The molecule has 1 aromatic rings. The molecule has 1 unspecified atom stereocenters. The summed E-state index contributed by atoms with van der Waals surface area (Å²) in [5.41, 5.74) is 0. The largest absolute Gasteiger partial charge is 0.368 e. The van der Waals surface area contributed by atoms with Gasteiger partial charge in [-0.15, -0.1) is 0 Å². The third kappa shape index (κ3) is 4.01. The normalized spacial score (nSPS) is 20.5. The molecule has 0 aliphatic carbocycles. The average Bonchev–Trinajstić information content (AvgIpc) is 2.44. The number of likely N-dealkylation sites (N-methyl/N-ethyl adjacent to an activating group) is 2. The first-order valence-corrected chi connectivity index (χ1v) is 7.23. The smallest absolute Gasteiger partial charge is 0.168 e. The van der Waals surface area contributed by atoms with Gasteiger partial charge in [-0.2, -0.15) is 0 Å². The van der Waals surface area contributed by atoms with Crippen molar-refractivity contribution in [2.45, 2.75) is 13.0 Å². The highest BCUT2D eigenvalue weighted by Gasteiger charge is 2.22. The Hall–Kier alpha value is -1.47. The zero-order chi connectivity index (χ0) is 15.4. The maximum Gasteiger partial charge on any atom is 0.168 e. The Labute approximate surface area is 124 Å². The summed E-state index contributed by atoms with van der Waals surface area (Å²) in [6, 6.07) is 1.14. The predicted molar refractivity (Wildman–Crippen MR) is 80.7 cm³/mol. The second kappa shape index (κ2) is 7.00. The molecule has 0 aromatic carbocycles. The van der Waals surface area contributed by atoms with Gasteiger partial charge in [-0.3, -0.25) is 4.90 Å². The highest BCUT2D eigenvalue weighted by molar-refractivity contribution is 5.47. The highest BCUT2D eigenvalue weighted by atomic mass is 19.1. The van der Waals surface area contributed by atoms with E-state index in [1.165, 1.54) is 0 Å². The molecule has 1 fully saturated rings. The fourth-order valence-electron chi connectivity index (χ4n) is 2.42. The van der Waals surface area contributed by atoms with Crippen LogP contribution in [0.2, 0.25) is 0 Å². The van der Waals surface area contributed by atoms with E-state index in [2.05, 4.69) is 39.5 Å². The molecule has 0 amide bonds. The van der Waals surface area contributed by atoms with Gasteiger partial charge in [0.15, 0.2) is 23.3 Å². The average molecular weight is 299 g/mol. The second-order valence-corrected chi connectivity index (χ2v) is 5.46. The zero-order valence-electron chi connectivity index (χ0n) is 12.8. The van der Waals surface area contributed by atoms with Gasteiger partial charge in [0.1, 0.15) is 0 Å². The predicted octanol–water partition coefficient (Wildman–Crippen LogP) is 1.45. The summed E-state index contributed by atoms with van der Waals surface area (Å²) in [7, 11) is 4.12. The first kappa shape index (κ1) is 15.9. The Morgan fingerprint density at radius 3 is 2.52 bits per heavy atom. The van der Waals surface area contributed by atoms with E-state index in [9.17, 15) is 8.78 Å². The van der Waals surface area contributed by atoms with E-state index < -0.39 is 11.6 Å². The van der Waals surface area contributed by atoms with E-state index in [-0.39, 0.29) is 17.7 Å². The van der Waals surface area contributed by atoms with Gasteiger partial charge < -0.3 is 15.5 Å². The molecule has 1 aromatic heterocycles. The summed E-state index contributed by atoms with van der Waals surface area (Å²) in [6.07, 6.45) is 0. The minimum absolute atomic E-state index is 0.0792. The van der Waals surface area contributed by atoms with Crippen LogP contribution in [-0.2, 0) is 0 Å². The highest BCUT2D eigenvalue weighted by Crippen LogP contribution is 2.19. The van der Waals surface area contributed by atoms with Crippen LogP contribution in [0.15, 0.2) is 6.07 Å². The number of piperazine rings is 1. The van der Waals surface area contributed by atoms with Crippen molar-refractivity contribution in [3.63, 3.8) is 0 Å². The Morgan fingerprint density at radius 2 is 1.86 bits per heavy atom. The number of rotatable bonds is 5. The lowest BCUT2D eigenvalue weighted by molar-refractivity contribution is 0.121. The van der Waals surface area contributed by atoms with Crippen molar-refractivity contribution in [2.75, 3.05) is 57.5 Å². The number of nitrogens with one attached hydrogen (secondary N) is 2. The van der Waals surface area contributed by atoms with E-state index in [4.69, 9.17) is 0 Å². The monoisotopic (exact) mass is 299 g/mol. The van der Waals surface area contributed by atoms with Crippen LogP contribution in [0.1, 0.15) is 6.92 Å². The Kier molecular flexibility index (Phi) is 5.30. The number of hydrogen-bond acceptors (Lipinski definition) is 5. The molecule has 21 heavy (non-hydrogen) atoms. The minimum Gasteiger partial charge on any atom is -0.368 e. The third-order valence-corrected chi connectivity index (χ3v) is 3.76. The van der Waals surface area contributed by atoms with Crippen LogP contribution < -0.4 is 10.6 Å². The fraction of sp³-hybridized carbons (Fsp3) is 0.643. The second-order valence-electron chi connectivity index (χ2n) is 5.46. The van der Waals surface area contributed by atoms with Gasteiger partial charge in [-0.1, -0.05) is 0 Å². The van der Waals surface area contributed by atoms with Gasteiger partial charge in [-0.25, -0.2) is 13.8 Å². The molecule has 1 aliphatic rings. The van der Waals surface area contributed by atoms with Crippen molar-refractivity contribution in [3.8, 4) is 0 Å². The first-order chi connectivity index (χ1) is 10.0. The summed E-state index contributed by atoms with van der Waals surface area (Å²) < 4.78 is 27.3. The molecule has 118 valence electrons. The molecule has 2 N–H and O–H groups in total. The first-order valence-electron chi connectivity index (χ1n) is 7.23. The summed E-state index contributed by atoms with van der Waals surface area (Å²) in [5.74, 6) is -1.17. The van der Waals surface area contributed by atoms with Crippen LogP contribution in [0.5, 0.6) is 0 Å². The number of hydrogen-bond donors (Lipinski definition) is 2. The third-order valence-electron chi connectivity index (χ3n) is 3.76. The van der Waals surface area contributed by atoms with Crippen LogP contribution in [-0.4, -0.2) is 67.6 Å². The summed E-state index contributed by atoms with van der Waals surface area (Å²) in [4.78, 5) is 8.46. The number of halogens is 2. The molecule has 2 heterocycles. The van der Waals surface area contributed by atoms with E-state index in [1.54, 1.807) is 0 Å². The fourth-order valence-corrected chi connectivity index (χ4v) is 2.42. The molecule has 1 atom stereocenters. The molecular formula is C14H23F2N5. The Balaban J connectivity index is 2.03. The molecule has 0 saturated carbocycles. The van der Waals surface area contributed by atoms with Gasteiger partial charge in [0.25, 0.3) is 0 Å². The standard InChI is InChI=1S/C14H23F2N5/c1-4-17-13-11(15)7-12(16)14(19-13)18-8-10-9-20(2)5-6-21(10)3/h7,10H,4-6,8-9H2,1-3H3,(H2,17,18,19). The lowest BCUT2D eigenvalue weighted by Gasteiger charge is -2.37. The van der Waals surface area contributed by atoms with E-state index in [0.29, 0.717) is 13.1 Å². The van der Waals surface area contributed by atoms with Gasteiger partial charge >= 0.3 is 0 Å². The number of nitrogens with zero attached hydrogens (tertiary/aromatic N) is 3. The van der Waals surface area contributed by atoms with Crippen molar-refractivity contribution < 1.29 is 8.78 Å². The van der Waals surface area contributed by atoms with Crippen molar-refractivity contribution in [1.82, 2.24) is 14.8 Å². The molecule has 0 spiro atoms. The quantitative estimate of drug-likeness (QED) is 0.861.